The smallest absolute Gasteiger partial charge is 0.0589 e. The van der Waals surface area contributed by atoms with E-state index >= 15 is 0 Å². The molecule has 0 aromatic heterocycles. The largest absolute Gasteiger partial charge is 0.292 e. The predicted octanol–water partition coefficient (Wildman–Crippen LogP) is 2.05. The van der Waals surface area contributed by atoms with Crippen LogP contribution in [0.15, 0.2) is 11.3 Å². The standard InChI is InChI=1S/C15H36N2Si2/c1-7-14(6)18-12-13-19-15(16(8-2)9-3)17(10-4)11-5/h7,15H,8-13,18-19H2,1-6H3. The molecule has 0 aliphatic heterocycles. The monoisotopic (exact) mass is 300 g/mol. The molecule has 0 atom stereocenters. The van der Waals surface area contributed by atoms with E-state index in [9.17, 15) is 0 Å². The van der Waals surface area contributed by atoms with Crippen molar-refractivity contribution in [1.82, 2.24) is 9.80 Å². The van der Waals surface area contributed by atoms with Gasteiger partial charge in [0.15, 0.2) is 0 Å². The summed E-state index contributed by atoms with van der Waals surface area (Å²) in [4.78, 5) is 5.37. The third-order valence-electron chi connectivity index (χ3n) is 4.24. The molecule has 0 bridgehead atoms. The average molecular weight is 301 g/mol. The van der Waals surface area contributed by atoms with Crippen molar-refractivity contribution in [1.29, 1.82) is 0 Å². The van der Waals surface area contributed by atoms with Crippen molar-refractivity contribution in [2.24, 2.45) is 0 Å². The minimum absolute atomic E-state index is 0.00481. The van der Waals surface area contributed by atoms with Crippen molar-refractivity contribution >= 4 is 19.0 Å². The van der Waals surface area contributed by atoms with Gasteiger partial charge in [-0.1, -0.05) is 51.1 Å². The average Bonchev–Trinajstić information content (AvgIpc) is 2.44. The molecule has 0 amide bonds. The molecule has 0 heterocycles. The van der Waals surface area contributed by atoms with Gasteiger partial charge in [0.2, 0.25) is 0 Å². The van der Waals surface area contributed by atoms with Crippen molar-refractivity contribution in [2.45, 2.75) is 59.4 Å². The van der Waals surface area contributed by atoms with Crippen molar-refractivity contribution < 1.29 is 0 Å². The third-order valence-corrected chi connectivity index (χ3v) is 9.75. The molecular formula is C15H36N2Si2. The van der Waals surface area contributed by atoms with E-state index in [2.05, 4.69) is 57.4 Å². The molecule has 0 saturated heterocycles. The second kappa shape index (κ2) is 11.9. The molecule has 0 saturated carbocycles. The fourth-order valence-electron chi connectivity index (χ4n) is 2.76. The van der Waals surface area contributed by atoms with E-state index in [-0.39, 0.29) is 19.0 Å². The molecule has 0 aromatic rings. The Kier molecular flexibility index (Phi) is 11.9. The summed E-state index contributed by atoms with van der Waals surface area (Å²) >= 11 is 0. The molecule has 0 aliphatic carbocycles. The van der Waals surface area contributed by atoms with Gasteiger partial charge < -0.3 is 0 Å². The van der Waals surface area contributed by atoms with E-state index in [1.54, 1.807) is 5.20 Å². The van der Waals surface area contributed by atoms with E-state index in [1.165, 1.54) is 38.3 Å². The molecule has 0 N–H and O–H groups in total. The molecule has 114 valence electrons. The molecule has 4 heteroatoms. The quantitative estimate of drug-likeness (QED) is 0.327. The maximum atomic E-state index is 2.68. The summed E-state index contributed by atoms with van der Waals surface area (Å²) in [6, 6.07) is 3.07. The van der Waals surface area contributed by atoms with Gasteiger partial charge in [0.1, 0.15) is 0 Å². The number of hydrogen-bond acceptors (Lipinski definition) is 2. The van der Waals surface area contributed by atoms with Gasteiger partial charge in [-0.3, -0.25) is 9.80 Å². The first-order valence-electron chi connectivity index (χ1n) is 8.24. The minimum atomic E-state index is -0.00481. The third kappa shape index (κ3) is 7.44. The first kappa shape index (κ1) is 19.1. The Morgan fingerprint density at radius 1 is 0.947 bits per heavy atom. The maximum Gasteiger partial charge on any atom is 0.0589 e. The minimum Gasteiger partial charge on any atom is -0.292 e. The van der Waals surface area contributed by atoms with Gasteiger partial charge in [-0.05, 0) is 40.0 Å². The Morgan fingerprint density at radius 2 is 1.42 bits per heavy atom. The van der Waals surface area contributed by atoms with Crippen molar-refractivity contribution in [3.05, 3.63) is 11.3 Å². The Bertz CT molecular complexity index is 224. The number of allylic oxidation sites excluding steroid dienone is 2. The predicted molar refractivity (Wildman–Crippen MR) is 95.8 cm³/mol. The Hall–Kier alpha value is 0.0938. The summed E-state index contributed by atoms with van der Waals surface area (Å²) in [5.74, 6) is 0.796. The van der Waals surface area contributed by atoms with Crippen LogP contribution in [0.2, 0.25) is 12.1 Å². The zero-order valence-electron chi connectivity index (χ0n) is 14.2. The van der Waals surface area contributed by atoms with Gasteiger partial charge in [-0.2, -0.15) is 0 Å². The van der Waals surface area contributed by atoms with Crippen LogP contribution in [-0.4, -0.2) is 60.8 Å². The lowest BCUT2D eigenvalue weighted by molar-refractivity contribution is 0.115. The van der Waals surface area contributed by atoms with Crippen LogP contribution in [-0.2, 0) is 0 Å². The van der Waals surface area contributed by atoms with Gasteiger partial charge in [0, 0.05) is 15.3 Å². The second-order valence-electron chi connectivity index (χ2n) is 5.30. The first-order valence-corrected chi connectivity index (χ1v) is 11.8. The Balaban J connectivity index is 4.34. The number of hydrogen-bond donors (Lipinski definition) is 0. The lowest BCUT2D eigenvalue weighted by atomic mass is 10.5. The highest BCUT2D eigenvalue weighted by Gasteiger charge is 2.20. The summed E-state index contributed by atoms with van der Waals surface area (Å²) in [5, 5.41) is 1.69. The Labute approximate surface area is 126 Å². The van der Waals surface area contributed by atoms with Crippen LogP contribution in [0.5, 0.6) is 0 Å². The molecule has 0 aromatic carbocycles. The highest BCUT2D eigenvalue weighted by Crippen LogP contribution is 2.08. The topological polar surface area (TPSA) is 6.48 Å². The molecule has 0 radical (unpaired) electrons. The fraction of sp³-hybridized carbons (Fsp3) is 0.867. The number of nitrogens with zero attached hydrogens (tertiary/aromatic N) is 2. The zero-order valence-corrected chi connectivity index (χ0v) is 17.0. The lowest BCUT2D eigenvalue weighted by Gasteiger charge is -2.38. The summed E-state index contributed by atoms with van der Waals surface area (Å²) < 4.78 is 0. The summed E-state index contributed by atoms with van der Waals surface area (Å²) in [6.45, 7) is 18.6. The first-order chi connectivity index (χ1) is 9.14. The van der Waals surface area contributed by atoms with E-state index < -0.39 is 0 Å². The summed E-state index contributed by atoms with van der Waals surface area (Å²) in [6.07, 6.45) is 2.32. The van der Waals surface area contributed by atoms with Gasteiger partial charge >= 0.3 is 0 Å². The Morgan fingerprint density at radius 3 is 1.79 bits per heavy atom. The van der Waals surface area contributed by atoms with E-state index in [0.29, 0.717) is 0 Å². The van der Waals surface area contributed by atoms with Crippen LogP contribution in [0.4, 0.5) is 0 Å². The maximum absolute atomic E-state index is 2.68. The van der Waals surface area contributed by atoms with Gasteiger partial charge in [0.05, 0.1) is 9.52 Å². The fourth-order valence-corrected chi connectivity index (χ4v) is 7.89. The van der Waals surface area contributed by atoms with Crippen molar-refractivity contribution in [2.75, 3.05) is 26.2 Å². The van der Waals surface area contributed by atoms with E-state index in [4.69, 9.17) is 0 Å². The van der Waals surface area contributed by atoms with E-state index in [0.717, 1.165) is 5.79 Å². The highest BCUT2D eigenvalue weighted by atomic mass is 28.2. The molecule has 0 aliphatic rings. The number of rotatable bonds is 11. The van der Waals surface area contributed by atoms with Crippen LogP contribution in [0.3, 0.4) is 0 Å². The summed E-state index contributed by atoms with van der Waals surface area (Å²) in [7, 11) is 0.0724. The SMILES string of the molecule is CC=C(C)[SiH2]CC[SiH2]C(N(CC)CC)N(CC)CC. The second-order valence-corrected chi connectivity index (χ2v) is 9.64. The molecule has 0 fully saturated rings. The van der Waals surface area contributed by atoms with Gasteiger partial charge in [-0.25, -0.2) is 0 Å². The molecular weight excluding hydrogens is 264 g/mol. The molecule has 0 unspecified atom stereocenters. The van der Waals surface area contributed by atoms with Crippen molar-refractivity contribution in [3.8, 4) is 0 Å². The molecule has 19 heavy (non-hydrogen) atoms. The van der Waals surface area contributed by atoms with Gasteiger partial charge in [-0.15, -0.1) is 0 Å². The van der Waals surface area contributed by atoms with Crippen LogP contribution < -0.4 is 0 Å². The molecule has 2 nitrogen and oxygen atoms in total. The molecule has 0 spiro atoms. The lowest BCUT2D eigenvalue weighted by Crippen LogP contribution is -2.51. The van der Waals surface area contributed by atoms with E-state index in [1.807, 2.05) is 0 Å². The van der Waals surface area contributed by atoms with Crippen LogP contribution in [0.25, 0.3) is 0 Å². The van der Waals surface area contributed by atoms with Crippen LogP contribution in [0, 0.1) is 0 Å². The zero-order chi connectivity index (χ0) is 14.7. The highest BCUT2D eigenvalue weighted by molar-refractivity contribution is 6.48. The van der Waals surface area contributed by atoms with Crippen LogP contribution in [0.1, 0.15) is 41.5 Å². The summed E-state index contributed by atoms with van der Waals surface area (Å²) in [5.41, 5.74) is 0. The molecule has 0 rings (SSSR count). The van der Waals surface area contributed by atoms with Crippen LogP contribution >= 0.6 is 0 Å². The normalized spacial score (nSPS) is 14.3. The van der Waals surface area contributed by atoms with Crippen molar-refractivity contribution in [3.63, 3.8) is 0 Å². The van der Waals surface area contributed by atoms with Gasteiger partial charge in [0.25, 0.3) is 0 Å².